The average molecular weight is 382 g/mol. The van der Waals surface area contributed by atoms with Gasteiger partial charge in [0.25, 0.3) is 5.91 Å². The standard InChI is InChI=1S/C19H18N4O5/c24-19(12-1-3-15-16(7-12)21-22-20-15)23-5-6-25-14(9-23)10-26-13-2-4-17-18(8-13)28-11-27-17/h1-4,7-8,14H,5-6,9-11H2,(H,20,21,22). The molecule has 0 radical (unpaired) electrons. The number of benzene rings is 2. The Kier molecular flexibility index (Phi) is 4.21. The molecule has 2 aliphatic heterocycles. The molecule has 0 spiro atoms. The van der Waals surface area contributed by atoms with E-state index in [1.54, 1.807) is 29.2 Å². The third kappa shape index (κ3) is 3.20. The summed E-state index contributed by atoms with van der Waals surface area (Å²) in [6.07, 6.45) is -0.209. The van der Waals surface area contributed by atoms with Crippen molar-refractivity contribution >= 4 is 16.9 Å². The van der Waals surface area contributed by atoms with E-state index in [1.807, 2.05) is 12.1 Å². The molecule has 1 N–H and O–H groups in total. The zero-order valence-electron chi connectivity index (χ0n) is 15.0. The SMILES string of the molecule is O=C(c1ccc2n[nH]nc2c1)N1CCOC(COc2ccc3c(c2)OCO3)C1. The molecule has 1 saturated heterocycles. The van der Waals surface area contributed by atoms with Crippen molar-refractivity contribution in [1.29, 1.82) is 0 Å². The maximum absolute atomic E-state index is 12.9. The Labute approximate surface area is 160 Å². The van der Waals surface area contributed by atoms with Gasteiger partial charge in [0.15, 0.2) is 11.5 Å². The Morgan fingerprint density at radius 1 is 1.14 bits per heavy atom. The number of carbonyl (C=O) groups excluding carboxylic acids is 1. The highest BCUT2D eigenvalue weighted by Gasteiger charge is 2.26. The van der Waals surface area contributed by atoms with E-state index < -0.39 is 0 Å². The highest BCUT2D eigenvalue weighted by atomic mass is 16.7. The van der Waals surface area contributed by atoms with E-state index in [4.69, 9.17) is 18.9 Å². The number of ether oxygens (including phenoxy) is 4. The van der Waals surface area contributed by atoms with Crippen molar-refractivity contribution in [3.8, 4) is 17.2 Å². The van der Waals surface area contributed by atoms with Crippen LogP contribution in [0.3, 0.4) is 0 Å². The number of fused-ring (bicyclic) bond motifs is 2. The maximum Gasteiger partial charge on any atom is 0.254 e. The number of aromatic nitrogens is 3. The average Bonchev–Trinajstić information content (AvgIpc) is 3.40. The van der Waals surface area contributed by atoms with Gasteiger partial charge in [0.05, 0.1) is 13.2 Å². The number of morpholine rings is 1. The van der Waals surface area contributed by atoms with Crippen molar-refractivity contribution in [1.82, 2.24) is 20.3 Å². The van der Waals surface area contributed by atoms with E-state index in [9.17, 15) is 4.79 Å². The van der Waals surface area contributed by atoms with Crippen molar-refractivity contribution in [2.24, 2.45) is 0 Å². The van der Waals surface area contributed by atoms with E-state index in [0.29, 0.717) is 54.6 Å². The van der Waals surface area contributed by atoms with Gasteiger partial charge in [0.2, 0.25) is 6.79 Å². The van der Waals surface area contributed by atoms with Crippen LogP contribution in [0.4, 0.5) is 0 Å². The summed E-state index contributed by atoms with van der Waals surface area (Å²) in [6, 6.07) is 10.7. The molecule has 0 bridgehead atoms. The molecule has 28 heavy (non-hydrogen) atoms. The van der Waals surface area contributed by atoms with Crippen LogP contribution in [-0.2, 0) is 4.74 Å². The van der Waals surface area contributed by atoms with Gasteiger partial charge in [-0.05, 0) is 30.3 Å². The van der Waals surface area contributed by atoms with Gasteiger partial charge in [-0.2, -0.15) is 15.4 Å². The van der Waals surface area contributed by atoms with Gasteiger partial charge < -0.3 is 23.8 Å². The van der Waals surface area contributed by atoms with Crippen molar-refractivity contribution < 1.29 is 23.7 Å². The smallest absolute Gasteiger partial charge is 0.254 e. The quantitative estimate of drug-likeness (QED) is 0.732. The summed E-state index contributed by atoms with van der Waals surface area (Å²) >= 11 is 0. The van der Waals surface area contributed by atoms with Crippen LogP contribution in [0.5, 0.6) is 17.2 Å². The Balaban J connectivity index is 1.22. The lowest BCUT2D eigenvalue weighted by Crippen LogP contribution is -2.47. The molecular weight excluding hydrogens is 364 g/mol. The molecule has 1 amide bonds. The number of carbonyl (C=O) groups is 1. The van der Waals surface area contributed by atoms with Crippen LogP contribution in [0.15, 0.2) is 36.4 Å². The fourth-order valence-electron chi connectivity index (χ4n) is 3.32. The van der Waals surface area contributed by atoms with Crippen LogP contribution in [0.25, 0.3) is 11.0 Å². The minimum absolute atomic E-state index is 0.0544. The number of amides is 1. The van der Waals surface area contributed by atoms with Crippen molar-refractivity contribution in [2.75, 3.05) is 33.1 Å². The molecule has 1 fully saturated rings. The number of nitrogens with one attached hydrogen (secondary N) is 1. The first-order valence-electron chi connectivity index (χ1n) is 9.00. The second-order valence-electron chi connectivity index (χ2n) is 6.60. The van der Waals surface area contributed by atoms with Gasteiger partial charge >= 0.3 is 0 Å². The normalized spacial score (nSPS) is 18.4. The summed E-state index contributed by atoms with van der Waals surface area (Å²) < 4.78 is 22.2. The highest BCUT2D eigenvalue weighted by molar-refractivity contribution is 5.97. The van der Waals surface area contributed by atoms with E-state index >= 15 is 0 Å². The Bertz CT molecular complexity index is 1020. The van der Waals surface area contributed by atoms with E-state index in [1.165, 1.54) is 0 Å². The summed E-state index contributed by atoms with van der Waals surface area (Å²) in [4.78, 5) is 14.6. The van der Waals surface area contributed by atoms with Crippen LogP contribution >= 0.6 is 0 Å². The number of nitrogens with zero attached hydrogens (tertiary/aromatic N) is 3. The molecule has 144 valence electrons. The lowest BCUT2D eigenvalue weighted by atomic mass is 10.1. The van der Waals surface area contributed by atoms with Crippen molar-refractivity contribution in [3.63, 3.8) is 0 Å². The maximum atomic E-state index is 12.9. The van der Waals surface area contributed by atoms with Crippen LogP contribution in [0.2, 0.25) is 0 Å². The largest absolute Gasteiger partial charge is 0.491 e. The van der Waals surface area contributed by atoms with Gasteiger partial charge in [0.1, 0.15) is 29.5 Å². The molecule has 3 aromatic rings. The van der Waals surface area contributed by atoms with E-state index in [0.717, 1.165) is 5.52 Å². The van der Waals surface area contributed by atoms with Gasteiger partial charge in [-0.3, -0.25) is 4.79 Å². The molecule has 3 heterocycles. The molecule has 2 aliphatic rings. The molecule has 0 aliphatic carbocycles. The third-order valence-electron chi connectivity index (χ3n) is 4.77. The molecular formula is C19H18N4O5. The molecule has 9 nitrogen and oxygen atoms in total. The van der Waals surface area contributed by atoms with Crippen molar-refractivity contribution in [3.05, 3.63) is 42.0 Å². The molecule has 9 heteroatoms. The fraction of sp³-hybridized carbons (Fsp3) is 0.316. The lowest BCUT2D eigenvalue weighted by Gasteiger charge is -2.32. The topological polar surface area (TPSA) is 98.8 Å². The third-order valence-corrected chi connectivity index (χ3v) is 4.77. The first-order chi connectivity index (χ1) is 13.8. The number of hydrogen-bond acceptors (Lipinski definition) is 7. The Morgan fingerprint density at radius 3 is 3.00 bits per heavy atom. The molecule has 0 saturated carbocycles. The van der Waals surface area contributed by atoms with Crippen LogP contribution in [-0.4, -0.2) is 65.4 Å². The van der Waals surface area contributed by atoms with Crippen LogP contribution in [0, 0.1) is 0 Å². The molecule has 5 rings (SSSR count). The fourth-order valence-corrected chi connectivity index (χ4v) is 3.32. The van der Waals surface area contributed by atoms with Gasteiger partial charge in [0, 0.05) is 18.2 Å². The Morgan fingerprint density at radius 2 is 2.04 bits per heavy atom. The van der Waals surface area contributed by atoms with Crippen molar-refractivity contribution in [2.45, 2.75) is 6.10 Å². The minimum atomic E-state index is -0.209. The number of aromatic amines is 1. The monoisotopic (exact) mass is 382 g/mol. The number of rotatable bonds is 4. The molecule has 1 unspecified atom stereocenters. The zero-order valence-corrected chi connectivity index (χ0v) is 15.0. The second kappa shape index (κ2) is 7.01. The number of hydrogen-bond donors (Lipinski definition) is 1. The van der Waals surface area contributed by atoms with Crippen LogP contribution in [0.1, 0.15) is 10.4 Å². The summed E-state index contributed by atoms with van der Waals surface area (Å²) in [5.74, 6) is 2.00. The van der Waals surface area contributed by atoms with Gasteiger partial charge in [-0.1, -0.05) is 0 Å². The summed E-state index contributed by atoms with van der Waals surface area (Å²) in [5.41, 5.74) is 1.98. The summed E-state index contributed by atoms with van der Waals surface area (Å²) in [5, 5.41) is 10.6. The summed E-state index contributed by atoms with van der Waals surface area (Å²) in [7, 11) is 0. The zero-order chi connectivity index (χ0) is 18.9. The first kappa shape index (κ1) is 16.8. The lowest BCUT2D eigenvalue weighted by molar-refractivity contribution is -0.0401. The molecule has 1 atom stereocenters. The summed E-state index contributed by atoms with van der Waals surface area (Å²) in [6.45, 7) is 2.02. The highest BCUT2D eigenvalue weighted by Crippen LogP contribution is 2.35. The van der Waals surface area contributed by atoms with Gasteiger partial charge in [-0.25, -0.2) is 0 Å². The van der Waals surface area contributed by atoms with Crippen LogP contribution < -0.4 is 14.2 Å². The predicted octanol–water partition coefficient (Wildman–Crippen LogP) is 1.61. The minimum Gasteiger partial charge on any atom is -0.491 e. The molecule has 2 aromatic carbocycles. The van der Waals surface area contributed by atoms with Gasteiger partial charge in [-0.15, -0.1) is 0 Å². The first-order valence-corrected chi connectivity index (χ1v) is 9.00. The predicted molar refractivity (Wildman–Crippen MR) is 97.6 cm³/mol. The molecule has 1 aromatic heterocycles. The number of H-pyrrole nitrogens is 1. The van der Waals surface area contributed by atoms with E-state index in [-0.39, 0.29) is 18.8 Å². The second-order valence-corrected chi connectivity index (χ2v) is 6.60. The van der Waals surface area contributed by atoms with E-state index in [2.05, 4.69) is 15.4 Å². The Hall–Kier alpha value is -3.33.